The molecular weight excluding hydrogens is 360 g/mol. The number of anilines is 1. The van der Waals surface area contributed by atoms with E-state index >= 15 is 0 Å². The Labute approximate surface area is 162 Å². The van der Waals surface area contributed by atoms with Crippen LogP contribution in [-0.2, 0) is 14.8 Å². The first-order valence-electron chi connectivity index (χ1n) is 9.02. The van der Waals surface area contributed by atoms with Crippen LogP contribution in [0.1, 0.15) is 41.6 Å². The number of nitrogens with one attached hydrogen (secondary N) is 1. The molecule has 2 aromatic carbocycles. The van der Waals surface area contributed by atoms with Crippen molar-refractivity contribution in [3.05, 3.63) is 64.7 Å². The van der Waals surface area contributed by atoms with Gasteiger partial charge < -0.3 is 5.32 Å². The minimum absolute atomic E-state index is 0.155. The predicted molar refractivity (Wildman–Crippen MR) is 110 cm³/mol. The largest absolute Gasteiger partial charge is 0.348 e. The van der Waals surface area contributed by atoms with Crippen molar-refractivity contribution >= 4 is 21.6 Å². The Kier molecular flexibility index (Phi) is 6.65. The number of carbonyl (C=O) groups excluding carboxylic acids is 1. The molecule has 0 saturated heterocycles. The topological polar surface area (TPSA) is 66.5 Å². The maximum absolute atomic E-state index is 12.6. The van der Waals surface area contributed by atoms with Crippen LogP contribution in [0.3, 0.4) is 0 Å². The molecule has 146 valence electrons. The summed E-state index contributed by atoms with van der Waals surface area (Å²) >= 11 is 0. The fraction of sp³-hybridized carbons (Fsp3) is 0.381. The molecule has 1 unspecified atom stereocenters. The van der Waals surface area contributed by atoms with Crippen molar-refractivity contribution in [2.24, 2.45) is 0 Å². The van der Waals surface area contributed by atoms with Gasteiger partial charge in [0.25, 0.3) is 0 Å². The maximum Gasteiger partial charge on any atom is 0.241 e. The summed E-state index contributed by atoms with van der Waals surface area (Å²) in [6, 6.07) is 13.1. The summed E-state index contributed by atoms with van der Waals surface area (Å²) in [5.74, 6) is -0.326. The SMILES string of the molecule is CCC(NC(=O)CN(c1ccc(C)cc1)S(C)(=O)=O)c1ccc(C)cc1C. The fourth-order valence-electron chi connectivity index (χ4n) is 3.10. The molecule has 0 saturated carbocycles. The van der Waals surface area contributed by atoms with E-state index < -0.39 is 10.0 Å². The molecule has 6 heteroatoms. The van der Waals surface area contributed by atoms with Crippen LogP contribution >= 0.6 is 0 Å². The smallest absolute Gasteiger partial charge is 0.241 e. The molecule has 0 aliphatic heterocycles. The van der Waals surface area contributed by atoms with Crippen molar-refractivity contribution in [2.45, 2.75) is 40.2 Å². The van der Waals surface area contributed by atoms with Gasteiger partial charge in [-0.1, -0.05) is 48.4 Å². The molecule has 2 aromatic rings. The van der Waals surface area contributed by atoms with Gasteiger partial charge in [-0.15, -0.1) is 0 Å². The van der Waals surface area contributed by atoms with Crippen molar-refractivity contribution < 1.29 is 13.2 Å². The Morgan fingerprint density at radius 1 is 1.04 bits per heavy atom. The van der Waals surface area contributed by atoms with Crippen LogP contribution in [-0.4, -0.2) is 27.1 Å². The van der Waals surface area contributed by atoms with Crippen LogP contribution in [0.4, 0.5) is 5.69 Å². The van der Waals surface area contributed by atoms with Gasteiger partial charge in [0, 0.05) is 0 Å². The highest BCUT2D eigenvalue weighted by Crippen LogP contribution is 2.22. The van der Waals surface area contributed by atoms with Crippen LogP contribution in [0.5, 0.6) is 0 Å². The highest BCUT2D eigenvalue weighted by molar-refractivity contribution is 7.92. The van der Waals surface area contributed by atoms with Crippen LogP contribution < -0.4 is 9.62 Å². The molecule has 0 aliphatic rings. The van der Waals surface area contributed by atoms with Crippen molar-refractivity contribution in [1.29, 1.82) is 0 Å². The van der Waals surface area contributed by atoms with Gasteiger partial charge in [-0.2, -0.15) is 0 Å². The number of sulfonamides is 1. The van der Waals surface area contributed by atoms with E-state index in [9.17, 15) is 13.2 Å². The lowest BCUT2D eigenvalue weighted by Crippen LogP contribution is -2.41. The van der Waals surface area contributed by atoms with Gasteiger partial charge in [-0.3, -0.25) is 9.10 Å². The molecule has 0 spiro atoms. The maximum atomic E-state index is 12.6. The standard InChI is InChI=1S/C21H28N2O3S/c1-6-20(19-12-9-16(3)13-17(19)4)22-21(24)14-23(27(5,25)26)18-10-7-15(2)8-11-18/h7-13,20H,6,14H2,1-5H3,(H,22,24). The van der Waals surface area contributed by atoms with Gasteiger partial charge in [0.05, 0.1) is 18.0 Å². The van der Waals surface area contributed by atoms with Crippen LogP contribution in [0, 0.1) is 20.8 Å². The molecule has 0 bridgehead atoms. The second kappa shape index (κ2) is 8.57. The number of hydrogen-bond donors (Lipinski definition) is 1. The quantitative estimate of drug-likeness (QED) is 0.787. The van der Waals surface area contributed by atoms with E-state index in [0.717, 1.165) is 33.7 Å². The average molecular weight is 389 g/mol. The van der Waals surface area contributed by atoms with E-state index in [-0.39, 0.29) is 18.5 Å². The van der Waals surface area contributed by atoms with E-state index in [1.165, 1.54) is 5.56 Å². The molecule has 2 rings (SSSR count). The van der Waals surface area contributed by atoms with E-state index in [1.54, 1.807) is 12.1 Å². The highest BCUT2D eigenvalue weighted by atomic mass is 32.2. The number of hydrogen-bond acceptors (Lipinski definition) is 3. The van der Waals surface area contributed by atoms with Crippen molar-refractivity contribution in [3.8, 4) is 0 Å². The fourth-order valence-corrected chi connectivity index (χ4v) is 3.95. The Hall–Kier alpha value is -2.34. The van der Waals surface area contributed by atoms with Crippen molar-refractivity contribution in [3.63, 3.8) is 0 Å². The Morgan fingerprint density at radius 3 is 2.15 bits per heavy atom. The number of rotatable bonds is 7. The summed E-state index contributed by atoms with van der Waals surface area (Å²) in [5.41, 5.74) is 4.84. The summed E-state index contributed by atoms with van der Waals surface area (Å²) in [5, 5.41) is 2.98. The number of nitrogens with zero attached hydrogens (tertiary/aromatic N) is 1. The second-order valence-electron chi connectivity index (χ2n) is 6.99. The summed E-state index contributed by atoms with van der Waals surface area (Å²) in [7, 11) is -3.57. The van der Waals surface area contributed by atoms with E-state index in [1.807, 2.05) is 52.0 Å². The zero-order valence-corrected chi connectivity index (χ0v) is 17.4. The zero-order chi connectivity index (χ0) is 20.2. The first-order valence-corrected chi connectivity index (χ1v) is 10.9. The normalized spacial score (nSPS) is 12.5. The summed E-state index contributed by atoms with van der Waals surface area (Å²) in [6.07, 6.45) is 1.83. The molecule has 27 heavy (non-hydrogen) atoms. The van der Waals surface area contributed by atoms with Gasteiger partial charge in [-0.25, -0.2) is 8.42 Å². The van der Waals surface area contributed by atoms with E-state index in [2.05, 4.69) is 11.4 Å². The van der Waals surface area contributed by atoms with Gasteiger partial charge in [0.1, 0.15) is 6.54 Å². The Balaban J connectivity index is 2.20. The lowest BCUT2D eigenvalue weighted by Gasteiger charge is -2.25. The molecule has 1 atom stereocenters. The molecule has 5 nitrogen and oxygen atoms in total. The lowest BCUT2D eigenvalue weighted by atomic mass is 9.97. The second-order valence-corrected chi connectivity index (χ2v) is 8.90. The van der Waals surface area contributed by atoms with Gasteiger partial charge in [0.15, 0.2) is 0 Å². The predicted octanol–water partition coefficient (Wildman–Crippen LogP) is 3.65. The summed E-state index contributed by atoms with van der Waals surface area (Å²) in [4.78, 5) is 12.6. The third-order valence-corrected chi connectivity index (χ3v) is 5.69. The zero-order valence-electron chi connectivity index (χ0n) is 16.6. The van der Waals surface area contributed by atoms with Gasteiger partial charge in [0.2, 0.25) is 15.9 Å². The van der Waals surface area contributed by atoms with Crippen LogP contribution in [0.15, 0.2) is 42.5 Å². The first kappa shape index (κ1) is 21.0. The number of carbonyl (C=O) groups is 1. The number of benzene rings is 2. The third-order valence-electron chi connectivity index (χ3n) is 4.55. The molecule has 0 radical (unpaired) electrons. The number of aryl methyl sites for hydroxylation is 3. The van der Waals surface area contributed by atoms with Crippen LogP contribution in [0.2, 0.25) is 0 Å². The Bertz CT molecular complexity index is 906. The first-order chi connectivity index (χ1) is 12.6. The van der Waals surface area contributed by atoms with Crippen molar-refractivity contribution in [2.75, 3.05) is 17.1 Å². The molecule has 0 aliphatic carbocycles. The van der Waals surface area contributed by atoms with Crippen molar-refractivity contribution in [1.82, 2.24) is 5.32 Å². The molecule has 0 heterocycles. The molecule has 0 aromatic heterocycles. The molecule has 1 N–H and O–H groups in total. The minimum Gasteiger partial charge on any atom is -0.348 e. The molecular formula is C21H28N2O3S. The monoisotopic (exact) mass is 388 g/mol. The van der Waals surface area contributed by atoms with Crippen LogP contribution in [0.25, 0.3) is 0 Å². The Morgan fingerprint density at radius 2 is 1.63 bits per heavy atom. The third kappa shape index (κ3) is 5.57. The number of amides is 1. The lowest BCUT2D eigenvalue weighted by molar-refractivity contribution is -0.120. The van der Waals surface area contributed by atoms with Gasteiger partial charge >= 0.3 is 0 Å². The summed E-state index contributed by atoms with van der Waals surface area (Å²) < 4.78 is 25.6. The van der Waals surface area contributed by atoms with E-state index in [0.29, 0.717) is 5.69 Å². The average Bonchev–Trinajstić information content (AvgIpc) is 2.58. The minimum atomic E-state index is -3.57. The van der Waals surface area contributed by atoms with Gasteiger partial charge in [-0.05, 0) is 50.5 Å². The molecule has 0 fully saturated rings. The highest BCUT2D eigenvalue weighted by Gasteiger charge is 2.23. The summed E-state index contributed by atoms with van der Waals surface area (Å²) in [6.45, 7) is 7.73. The van der Waals surface area contributed by atoms with E-state index in [4.69, 9.17) is 0 Å². The molecule has 1 amide bonds.